The van der Waals surface area contributed by atoms with Crippen molar-refractivity contribution in [3.63, 3.8) is 0 Å². The lowest BCUT2D eigenvalue weighted by Crippen LogP contribution is -2.14. The van der Waals surface area contributed by atoms with Gasteiger partial charge in [-0.25, -0.2) is 0 Å². The highest BCUT2D eigenvalue weighted by atomic mass is 35.5. The Morgan fingerprint density at radius 2 is 1.94 bits per heavy atom. The molecular weight excluding hydrogens is 453 g/mol. The molecule has 0 saturated carbocycles. The summed E-state index contributed by atoms with van der Waals surface area (Å²) in [6.45, 7) is 1.98. The van der Waals surface area contributed by atoms with Gasteiger partial charge in [0.05, 0.1) is 21.5 Å². The van der Waals surface area contributed by atoms with E-state index in [9.17, 15) is 4.79 Å². The molecule has 0 unspecified atom stereocenters. The topological polar surface area (TPSA) is 72.7 Å². The van der Waals surface area contributed by atoms with Gasteiger partial charge < -0.3 is 5.32 Å². The van der Waals surface area contributed by atoms with Gasteiger partial charge >= 0.3 is 0 Å². The number of rotatable bonds is 6. The van der Waals surface area contributed by atoms with Crippen LogP contribution in [0.5, 0.6) is 0 Å². The maximum Gasteiger partial charge on any atom is 0.234 e. The molecule has 0 bridgehead atoms. The molecule has 2 heterocycles. The van der Waals surface area contributed by atoms with Gasteiger partial charge in [-0.2, -0.15) is 0 Å². The Labute approximate surface area is 193 Å². The standard InChI is InChI=1S/C22H17Cl2N5OS/c1-14-4-2-6-16(10-14)26-20(30)13-31-22-28-27-21(15-5-3-9-25-12-15)29(22)17-7-8-18(23)19(24)11-17/h2-12H,13H2,1H3,(H,26,30). The number of pyridine rings is 1. The zero-order valence-electron chi connectivity index (χ0n) is 16.4. The first-order valence-electron chi connectivity index (χ1n) is 9.32. The lowest BCUT2D eigenvalue weighted by atomic mass is 10.2. The van der Waals surface area contributed by atoms with Crippen molar-refractivity contribution in [2.45, 2.75) is 12.1 Å². The summed E-state index contributed by atoms with van der Waals surface area (Å²) in [5.74, 6) is 0.621. The van der Waals surface area contributed by atoms with E-state index in [4.69, 9.17) is 23.2 Å². The zero-order chi connectivity index (χ0) is 21.8. The summed E-state index contributed by atoms with van der Waals surface area (Å²) in [6, 6.07) is 16.7. The molecule has 0 aliphatic carbocycles. The number of benzene rings is 2. The first kappa shape index (κ1) is 21.4. The molecule has 0 fully saturated rings. The van der Waals surface area contributed by atoms with Crippen LogP contribution in [0, 0.1) is 6.92 Å². The number of anilines is 1. The summed E-state index contributed by atoms with van der Waals surface area (Å²) in [5, 5.41) is 13.0. The van der Waals surface area contributed by atoms with E-state index in [2.05, 4.69) is 20.5 Å². The molecule has 0 atom stereocenters. The lowest BCUT2D eigenvalue weighted by molar-refractivity contribution is -0.113. The summed E-state index contributed by atoms with van der Waals surface area (Å²) in [5.41, 5.74) is 3.36. The van der Waals surface area contributed by atoms with Crippen molar-refractivity contribution in [3.8, 4) is 17.1 Å². The Kier molecular flexibility index (Phi) is 6.56. The first-order chi connectivity index (χ1) is 15.0. The number of aromatic nitrogens is 4. The van der Waals surface area contributed by atoms with Crippen LogP contribution in [0.2, 0.25) is 10.0 Å². The number of nitrogens with zero attached hydrogens (tertiary/aromatic N) is 4. The molecule has 0 radical (unpaired) electrons. The van der Waals surface area contributed by atoms with Crippen molar-refractivity contribution in [1.29, 1.82) is 0 Å². The number of hydrogen-bond donors (Lipinski definition) is 1. The second kappa shape index (κ2) is 9.51. The Bertz CT molecular complexity index is 1230. The SMILES string of the molecule is Cc1cccc(NC(=O)CSc2nnc(-c3cccnc3)n2-c2ccc(Cl)c(Cl)c2)c1. The van der Waals surface area contributed by atoms with Gasteiger partial charge in [0.25, 0.3) is 0 Å². The lowest BCUT2D eigenvalue weighted by Gasteiger charge is -2.11. The van der Waals surface area contributed by atoms with Crippen molar-refractivity contribution in [2.24, 2.45) is 0 Å². The van der Waals surface area contributed by atoms with Crippen LogP contribution in [0.25, 0.3) is 17.1 Å². The minimum atomic E-state index is -0.137. The highest BCUT2D eigenvalue weighted by Crippen LogP contribution is 2.31. The normalized spacial score (nSPS) is 10.8. The van der Waals surface area contributed by atoms with Crippen molar-refractivity contribution < 1.29 is 4.79 Å². The molecule has 2 aromatic carbocycles. The van der Waals surface area contributed by atoms with Crippen molar-refractivity contribution in [3.05, 3.63) is 82.6 Å². The molecule has 31 heavy (non-hydrogen) atoms. The van der Waals surface area contributed by atoms with E-state index >= 15 is 0 Å². The second-order valence-electron chi connectivity index (χ2n) is 6.69. The Hall–Kier alpha value is -2.87. The number of amides is 1. The van der Waals surface area contributed by atoms with Crippen LogP contribution in [0.4, 0.5) is 5.69 Å². The molecule has 4 rings (SSSR count). The molecule has 0 aliphatic heterocycles. The minimum Gasteiger partial charge on any atom is -0.325 e. The fraction of sp³-hybridized carbons (Fsp3) is 0.0909. The molecular formula is C22H17Cl2N5OS. The molecule has 2 aromatic heterocycles. The number of thioether (sulfide) groups is 1. The predicted octanol–water partition coefficient (Wildman–Crippen LogP) is 5.68. The van der Waals surface area contributed by atoms with E-state index in [1.54, 1.807) is 24.5 Å². The van der Waals surface area contributed by atoms with Crippen LogP contribution >= 0.6 is 35.0 Å². The third-order valence-corrected chi connectivity index (χ3v) is 6.02. The number of carbonyl (C=O) groups excluding carboxylic acids is 1. The second-order valence-corrected chi connectivity index (χ2v) is 8.44. The minimum absolute atomic E-state index is 0.137. The van der Waals surface area contributed by atoms with Gasteiger partial charge in [0, 0.05) is 23.6 Å². The molecule has 0 spiro atoms. The van der Waals surface area contributed by atoms with Crippen LogP contribution in [0.1, 0.15) is 5.56 Å². The average molecular weight is 470 g/mol. The van der Waals surface area contributed by atoms with Crippen LogP contribution in [-0.4, -0.2) is 31.4 Å². The van der Waals surface area contributed by atoms with Gasteiger partial charge in [0.1, 0.15) is 0 Å². The fourth-order valence-electron chi connectivity index (χ4n) is 2.95. The quantitative estimate of drug-likeness (QED) is 0.368. The summed E-state index contributed by atoms with van der Waals surface area (Å²) in [6.07, 6.45) is 3.39. The van der Waals surface area contributed by atoms with Crippen molar-refractivity contribution >= 4 is 46.6 Å². The molecule has 156 valence electrons. The number of carbonyl (C=O) groups is 1. The van der Waals surface area contributed by atoms with E-state index < -0.39 is 0 Å². The fourth-order valence-corrected chi connectivity index (χ4v) is 4.00. The molecule has 9 heteroatoms. The number of aryl methyl sites for hydroxylation is 1. The van der Waals surface area contributed by atoms with Gasteiger partial charge in [-0.3, -0.25) is 14.3 Å². The van der Waals surface area contributed by atoms with Gasteiger partial charge in [0.15, 0.2) is 11.0 Å². The van der Waals surface area contributed by atoms with Crippen molar-refractivity contribution in [2.75, 3.05) is 11.1 Å². The van der Waals surface area contributed by atoms with E-state index in [0.29, 0.717) is 21.0 Å². The van der Waals surface area contributed by atoms with Crippen LogP contribution in [0.3, 0.4) is 0 Å². The highest BCUT2D eigenvalue weighted by Gasteiger charge is 2.18. The largest absolute Gasteiger partial charge is 0.325 e. The van der Waals surface area contributed by atoms with E-state index in [1.807, 2.05) is 54.0 Å². The van der Waals surface area contributed by atoms with E-state index in [-0.39, 0.29) is 11.7 Å². The number of nitrogens with one attached hydrogen (secondary N) is 1. The maximum absolute atomic E-state index is 12.5. The summed E-state index contributed by atoms with van der Waals surface area (Å²) >= 11 is 13.6. The monoisotopic (exact) mass is 469 g/mol. The van der Waals surface area contributed by atoms with Gasteiger partial charge in [-0.15, -0.1) is 10.2 Å². The molecule has 0 aliphatic rings. The summed E-state index contributed by atoms with van der Waals surface area (Å²) in [7, 11) is 0. The first-order valence-corrected chi connectivity index (χ1v) is 11.1. The van der Waals surface area contributed by atoms with Gasteiger partial charge in [0.2, 0.25) is 5.91 Å². The third kappa shape index (κ3) is 5.07. The van der Waals surface area contributed by atoms with Crippen LogP contribution < -0.4 is 5.32 Å². The number of halogens is 2. The smallest absolute Gasteiger partial charge is 0.234 e. The summed E-state index contributed by atoms with van der Waals surface area (Å²) in [4.78, 5) is 16.6. The Balaban J connectivity index is 1.62. The average Bonchev–Trinajstić information content (AvgIpc) is 3.19. The maximum atomic E-state index is 12.5. The predicted molar refractivity (Wildman–Crippen MR) is 125 cm³/mol. The van der Waals surface area contributed by atoms with Gasteiger partial charge in [-0.1, -0.05) is 47.1 Å². The Morgan fingerprint density at radius 3 is 2.68 bits per heavy atom. The molecule has 4 aromatic rings. The molecule has 0 saturated heterocycles. The van der Waals surface area contributed by atoms with Crippen LogP contribution in [-0.2, 0) is 4.79 Å². The van der Waals surface area contributed by atoms with E-state index in [0.717, 1.165) is 22.5 Å². The van der Waals surface area contributed by atoms with E-state index in [1.165, 1.54) is 11.8 Å². The number of hydrogen-bond acceptors (Lipinski definition) is 5. The highest BCUT2D eigenvalue weighted by molar-refractivity contribution is 7.99. The Morgan fingerprint density at radius 1 is 1.06 bits per heavy atom. The van der Waals surface area contributed by atoms with Crippen LogP contribution in [0.15, 0.2) is 72.1 Å². The summed E-state index contributed by atoms with van der Waals surface area (Å²) < 4.78 is 1.84. The molecule has 1 amide bonds. The van der Waals surface area contributed by atoms with Gasteiger partial charge in [-0.05, 0) is 55.0 Å². The third-order valence-electron chi connectivity index (χ3n) is 4.35. The molecule has 6 nitrogen and oxygen atoms in total. The molecule has 1 N–H and O–H groups in total. The van der Waals surface area contributed by atoms with Crippen molar-refractivity contribution in [1.82, 2.24) is 19.7 Å². The zero-order valence-corrected chi connectivity index (χ0v) is 18.7.